The molecule has 0 amide bonds. The SMILES string of the molecule is Cc1c(N2C[C@@H](CN)[C@H](C)C2)c(F)cc2c1N(C1CC1)CN(N)C2. The first-order chi connectivity index (χ1) is 11.5. The molecule has 0 spiro atoms. The van der Waals surface area contributed by atoms with E-state index in [9.17, 15) is 4.39 Å². The lowest BCUT2D eigenvalue weighted by molar-refractivity contribution is 0.258. The average molecular weight is 333 g/mol. The van der Waals surface area contributed by atoms with Crippen LogP contribution in [0, 0.1) is 24.6 Å². The fourth-order valence-electron chi connectivity index (χ4n) is 4.47. The van der Waals surface area contributed by atoms with Crippen molar-refractivity contribution in [2.45, 2.75) is 39.3 Å². The number of benzene rings is 1. The number of hydrazine groups is 1. The fourth-order valence-corrected chi connectivity index (χ4v) is 4.47. The number of hydrogen-bond donors (Lipinski definition) is 2. The summed E-state index contributed by atoms with van der Waals surface area (Å²) in [5, 5.41) is 1.78. The third kappa shape index (κ3) is 2.57. The third-order valence-corrected chi connectivity index (χ3v) is 5.91. The quantitative estimate of drug-likeness (QED) is 0.826. The van der Waals surface area contributed by atoms with Crippen LogP contribution in [-0.4, -0.2) is 37.4 Å². The Balaban J connectivity index is 1.75. The van der Waals surface area contributed by atoms with Crippen molar-refractivity contribution in [3.8, 4) is 0 Å². The Morgan fingerprint density at radius 2 is 2.00 bits per heavy atom. The molecule has 0 aromatic heterocycles. The summed E-state index contributed by atoms with van der Waals surface area (Å²) < 4.78 is 15.0. The summed E-state index contributed by atoms with van der Waals surface area (Å²) in [5.74, 6) is 6.89. The smallest absolute Gasteiger partial charge is 0.147 e. The van der Waals surface area contributed by atoms with Crippen LogP contribution >= 0.6 is 0 Å². The summed E-state index contributed by atoms with van der Waals surface area (Å²) in [7, 11) is 0. The van der Waals surface area contributed by atoms with Gasteiger partial charge in [0.2, 0.25) is 0 Å². The Kier molecular flexibility index (Phi) is 3.94. The zero-order chi connectivity index (χ0) is 17.0. The lowest BCUT2D eigenvalue weighted by Crippen LogP contribution is -2.47. The highest BCUT2D eigenvalue weighted by atomic mass is 19.1. The molecule has 4 rings (SSSR count). The number of nitrogens with two attached hydrogens (primary N) is 2. The Morgan fingerprint density at radius 3 is 2.62 bits per heavy atom. The second-order valence-corrected chi connectivity index (χ2v) is 7.81. The van der Waals surface area contributed by atoms with E-state index < -0.39 is 0 Å². The van der Waals surface area contributed by atoms with Crippen molar-refractivity contribution in [3.05, 3.63) is 23.0 Å². The molecule has 4 N–H and O–H groups in total. The van der Waals surface area contributed by atoms with Gasteiger partial charge in [0.25, 0.3) is 0 Å². The molecular formula is C18H28FN5. The van der Waals surface area contributed by atoms with E-state index in [1.807, 2.05) is 0 Å². The molecule has 1 saturated heterocycles. The molecule has 1 aromatic rings. The van der Waals surface area contributed by atoms with Crippen molar-refractivity contribution in [3.63, 3.8) is 0 Å². The van der Waals surface area contributed by atoms with Crippen LogP contribution in [0.3, 0.4) is 0 Å². The maximum atomic E-state index is 15.0. The van der Waals surface area contributed by atoms with Gasteiger partial charge >= 0.3 is 0 Å². The third-order valence-electron chi connectivity index (χ3n) is 5.91. The first-order valence-electron chi connectivity index (χ1n) is 9.02. The van der Waals surface area contributed by atoms with E-state index in [1.165, 1.54) is 18.5 Å². The number of anilines is 2. The zero-order valence-corrected chi connectivity index (χ0v) is 14.6. The number of fused-ring (bicyclic) bond motifs is 1. The summed E-state index contributed by atoms with van der Waals surface area (Å²) in [6.07, 6.45) is 2.41. The lowest BCUT2D eigenvalue weighted by Gasteiger charge is -2.39. The van der Waals surface area contributed by atoms with Crippen molar-refractivity contribution < 1.29 is 4.39 Å². The molecule has 0 bridgehead atoms. The standard InChI is InChI=1S/C18H28FN5/c1-11-7-22(8-14(11)6-20)18-12(2)17-13(5-16(18)19)9-23(21)10-24(17)15-3-4-15/h5,11,14-15H,3-4,6-10,20-21H2,1-2H3/t11-,14-/m1/s1. The van der Waals surface area contributed by atoms with Gasteiger partial charge < -0.3 is 15.5 Å². The van der Waals surface area contributed by atoms with Gasteiger partial charge in [0.1, 0.15) is 5.82 Å². The molecule has 2 fully saturated rings. The molecule has 24 heavy (non-hydrogen) atoms. The number of hydrogen-bond acceptors (Lipinski definition) is 5. The monoisotopic (exact) mass is 333 g/mol. The molecule has 0 unspecified atom stereocenters. The Bertz CT molecular complexity index is 645. The summed E-state index contributed by atoms with van der Waals surface area (Å²) >= 11 is 0. The highest BCUT2D eigenvalue weighted by Gasteiger charge is 2.37. The van der Waals surface area contributed by atoms with Gasteiger partial charge in [0.15, 0.2) is 0 Å². The van der Waals surface area contributed by atoms with Crippen LogP contribution in [0.1, 0.15) is 30.9 Å². The van der Waals surface area contributed by atoms with Crippen molar-refractivity contribution in [2.24, 2.45) is 23.4 Å². The van der Waals surface area contributed by atoms with Crippen molar-refractivity contribution in [1.82, 2.24) is 5.01 Å². The van der Waals surface area contributed by atoms with E-state index in [-0.39, 0.29) is 5.82 Å². The van der Waals surface area contributed by atoms with Crippen LogP contribution in [-0.2, 0) is 6.54 Å². The molecular weight excluding hydrogens is 305 g/mol. The van der Waals surface area contributed by atoms with Crippen molar-refractivity contribution >= 4 is 11.4 Å². The number of nitrogens with zero attached hydrogens (tertiary/aromatic N) is 3. The second kappa shape index (κ2) is 5.86. The minimum absolute atomic E-state index is 0.123. The van der Waals surface area contributed by atoms with Gasteiger partial charge in [-0.1, -0.05) is 6.92 Å². The molecule has 132 valence electrons. The predicted molar refractivity (Wildman–Crippen MR) is 95.2 cm³/mol. The minimum Gasteiger partial charge on any atom is -0.368 e. The van der Waals surface area contributed by atoms with Gasteiger partial charge in [-0.2, -0.15) is 0 Å². The molecule has 1 aliphatic carbocycles. The average Bonchev–Trinajstić information content (AvgIpc) is 3.29. The predicted octanol–water partition coefficient (Wildman–Crippen LogP) is 1.78. The van der Waals surface area contributed by atoms with Crippen LogP contribution in [0.4, 0.5) is 15.8 Å². The van der Waals surface area contributed by atoms with Crippen LogP contribution in [0.15, 0.2) is 6.07 Å². The normalized spacial score (nSPS) is 27.7. The molecule has 0 radical (unpaired) electrons. The molecule has 2 heterocycles. The molecule has 3 aliphatic rings. The number of halogens is 1. The molecule has 6 heteroatoms. The lowest BCUT2D eigenvalue weighted by atomic mass is 9.99. The first kappa shape index (κ1) is 16.1. The number of rotatable bonds is 3. The van der Waals surface area contributed by atoms with Crippen LogP contribution in [0.25, 0.3) is 0 Å². The summed E-state index contributed by atoms with van der Waals surface area (Å²) in [6.45, 7) is 8.01. The van der Waals surface area contributed by atoms with Crippen molar-refractivity contribution in [2.75, 3.05) is 36.1 Å². The van der Waals surface area contributed by atoms with Crippen molar-refractivity contribution in [1.29, 1.82) is 0 Å². The Labute approximate surface area is 143 Å². The van der Waals surface area contributed by atoms with Crippen LogP contribution in [0.2, 0.25) is 0 Å². The molecule has 2 atom stereocenters. The topological polar surface area (TPSA) is 61.8 Å². The van der Waals surface area contributed by atoms with E-state index in [0.717, 1.165) is 36.6 Å². The van der Waals surface area contributed by atoms with Gasteiger partial charge in [-0.25, -0.2) is 9.40 Å². The van der Waals surface area contributed by atoms with Gasteiger partial charge in [-0.3, -0.25) is 5.84 Å². The van der Waals surface area contributed by atoms with E-state index in [2.05, 4.69) is 23.6 Å². The maximum absolute atomic E-state index is 15.0. The van der Waals surface area contributed by atoms with E-state index in [4.69, 9.17) is 11.6 Å². The van der Waals surface area contributed by atoms with E-state index in [1.54, 1.807) is 11.1 Å². The molecule has 2 aliphatic heterocycles. The molecule has 5 nitrogen and oxygen atoms in total. The largest absolute Gasteiger partial charge is 0.368 e. The summed E-state index contributed by atoms with van der Waals surface area (Å²) in [6, 6.07) is 2.26. The first-order valence-corrected chi connectivity index (χ1v) is 9.02. The van der Waals surface area contributed by atoms with Gasteiger partial charge in [-0.05, 0) is 55.3 Å². The van der Waals surface area contributed by atoms with E-state index in [0.29, 0.717) is 31.0 Å². The zero-order valence-electron chi connectivity index (χ0n) is 14.6. The maximum Gasteiger partial charge on any atom is 0.147 e. The van der Waals surface area contributed by atoms with Crippen LogP contribution in [0.5, 0.6) is 0 Å². The molecule has 1 aromatic carbocycles. The minimum atomic E-state index is -0.123. The van der Waals surface area contributed by atoms with Crippen LogP contribution < -0.4 is 21.4 Å². The summed E-state index contributed by atoms with van der Waals surface area (Å²) in [5.41, 5.74) is 9.94. The van der Waals surface area contributed by atoms with Gasteiger partial charge in [-0.15, -0.1) is 0 Å². The Hall–Kier alpha value is -1.37. The van der Waals surface area contributed by atoms with Gasteiger partial charge in [0, 0.05) is 31.4 Å². The molecule has 1 saturated carbocycles. The summed E-state index contributed by atoms with van der Waals surface area (Å²) in [4.78, 5) is 4.57. The van der Waals surface area contributed by atoms with Gasteiger partial charge in [0.05, 0.1) is 12.4 Å². The fraction of sp³-hybridized carbons (Fsp3) is 0.667. The highest BCUT2D eigenvalue weighted by Crippen LogP contribution is 2.43. The van der Waals surface area contributed by atoms with E-state index >= 15 is 0 Å². The highest BCUT2D eigenvalue weighted by molar-refractivity contribution is 5.73. The Morgan fingerprint density at radius 1 is 1.25 bits per heavy atom. The second-order valence-electron chi connectivity index (χ2n) is 7.81.